The standard InChI is InChI=1S/C23H23N3O5S3.C2HF3O2/c1-13-5-3-8-16(26-19(27)9-10-20(28)29)21(13)14-6-4-7-15(11-14)34(30,31)18-12-17(22(24)25)33-23(18)32-2;3-2(4,5)1(6)7/h3-8,11-12H,9-10H2,1-2H3,(H3,24,25)(H,26,27)(H,28,29);(H,6,7). The molecule has 3 rings (SSSR count). The first-order chi connectivity index (χ1) is 19.0. The molecule has 1 amide bonds. The molecule has 0 spiro atoms. The van der Waals surface area contributed by atoms with Gasteiger partial charge in [-0.2, -0.15) is 13.2 Å². The lowest BCUT2D eigenvalue weighted by Crippen LogP contribution is -2.21. The van der Waals surface area contributed by atoms with Crippen molar-refractivity contribution >= 4 is 62.3 Å². The summed E-state index contributed by atoms with van der Waals surface area (Å²) >= 11 is 2.42. The second kappa shape index (κ2) is 13.6. The molecule has 3 aromatic rings. The fourth-order valence-corrected chi connectivity index (χ4v) is 7.26. The van der Waals surface area contributed by atoms with E-state index in [4.69, 9.17) is 26.2 Å². The molecule has 1 heterocycles. The molecule has 0 radical (unpaired) electrons. The maximum absolute atomic E-state index is 13.5. The number of anilines is 1. The van der Waals surface area contributed by atoms with Gasteiger partial charge in [0.2, 0.25) is 15.7 Å². The van der Waals surface area contributed by atoms with Crippen molar-refractivity contribution in [3.05, 3.63) is 59.0 Å². The average Bonchev–Trinajstić information content (AvgIpc) is 3.33. The summed E-state index contributed by atoms with van der Waals surface area (Å²) in [6.45, 7) is 1.84. The Bertz CT molecular complexity index is 1590. The lowest BCUT2D eigenvalue weighted by atomic mass is 9.98. The third-order valence-corrected chi connectivity index (χ3v) is 9.53. The monoisotopic (exact) mass is 631 g/mol. The second-order valence-electron chi connectivity index (χ2n) is 8.15. The molecule has 41 heavy (non-hydrogen) atoms. The lowest BCUT2D eigenvalue weighted by molar-refractivity contribution is -0.192. The van der Waals surface area contributed by atoms with Crippen LogP contribution in [0.4, 0.5) is 18.9 Å². The zero-order chi connectivity index (χ0) is 31.1. The van der Waals surface area contributed by atoms with Crippen LogP contribution in [0.2, 0.25) is 0 Å². The molecule has 0 atom stereocenters. The molecule has 0 aliphatic carbocycles. The number of carboxylic acids is 2. The number of aryl methyl sites for hydroxylation is 1. The normalized spacial score (nSPS) is 11.2. The van der Waals surface area contributed by atoms with Crippen LogP contribution in [0.15, 0.2) is 62.5 Å². The largest absolute Gasteiger partial charge is 0.490 e. The van der Waals surface area contributed by atoms with Crippen molar-refractivity contribution in [2.75, 3.05) is 11.6 Å². The number of nitrogens with two attached hydrogens (primary N) is 1. The highest BCUT2D eigenvalue weighted by Gasteiger charge is 2.38. The quantitative estimate of drug-likeness (QED) is 0.123. The Balaban J connectivity index is 0.000000745. The zero-order valence-corrected chi connectivity index (χ0v) is 23.9. The van der Waals surface area contributed by atoms with Gasteiger partial charge in [-0.1, -0.05) is 24.3 Å². The van der Waals surface area contributed by atoms with Crippen LogP contribution < -0.4 is 11.1 Å². The number of aliphatic carboxylic acids is 2. The number of sulfone groups is 1. The first-order valence-electron chi connectivity index (χ1n) is 11.3. The first kappa shape index (κ1) is 33.3. The minimum absolute atomic E-state index is 0.0691. The second-order valence-corrected chi connectivity index (χ2v) is 12.2. The minimum atomic E-state index is -5.08. The van der Waals surface area contributed by atoms with Gasteiger partial charge in [0.1, 0.15) is 5.84 Å². The Hall–Kier alpha value is -3.89. The van der Waals surface area contributed by atoms with Crippen molar-refractivity contribution in [1.29, 1.82) is 5.41 Å². The van der Waals surface area contributed by atoms with Crippen LogP contribution in [0.5, 0.6) is 0 Å². The van der Waals surface area contributed by atoms with E-state index in [9.17, 15) is 31.2 Å². The average molecular weight is 632 g/mol. The number of thiophene rings is 1. The number of rotatable bonds is 9. The van der Waals surface area contributed by atoms with Crippen molar-refractivity contribution in [2.24, 2.45) is 5.73 Å². The molecule has 10 nitrogen and oxygen atoms in total. The van der Waals surface area contributed by atoms with Crippen molar-refractivity contribution in [1.82, 2.24) is 0 Å². The molecule has 220 valence electrons. The fraction of sp³-hybridized carbons (Fsp3) is 0.200. The minimum Gasteiger partial charge on any atom is -0.481 e. The van der Waals surface area contributed by atoms with Gasteiger partial charge < -0.3 is 21.3 Å². The van der Waals surface area contributed by atoms with Gasteiger partial charge in [-0.05, 0) is 48.6 Å². The maximum atomic E-state index is 13.5. The van der Waals surface area contributed by atoms with E-state index in [1.807, 2.05) is 13.0 Å². The summed E-state index contributed by atoms with van der Waals surface area (Å²) in [7, 11) is -3.91. The van der Waals surface area contributed by atoms with Crippen LogP contribution >= 0.6 is 23.1 Å². The van der Waals surface area contributed by atoms with Gasteiger partial charge in [0.15, 0.2) is 0 Å². The summed E-state index contributed by atoms with van der Waals surface area (Å²) in [5.74, 6) is -4.47. The Morgan fingerprint density at radius 1 is 1.07 bits per heavy atom. The van der Waals surface area contributed by atoms with E-state index in [0.717, 1.165) is 16.9 Å². The zero-order valence-electron chi connectivity index (χ0n) is 21.4. The maximum Gasteiger partial charge on any atom is 0.490 e. The van der Waals surface area contributed by atoms with E-state index in [1.165, 1.54) is 23.9 Å². The van der Waals surface area contributed by atoms with Crippen LogP contribution in [0, 0.1) is 12.3 Å². The smallest absolute Gasteiger partial charge is 0.481 e. The van der Waals surface area contributed by atoms with Crippen LogP contribution in [0.25, 0.3) is 11.1 Å². The number of hydrogen-bond donors (Lipinski definition) is 5. The lowest BCUT2D eigenvalue weighted by Gasteiger charge is -2.15. The Labute approximate surface area is 240 Å². The van der Waals surface area contributed by atoms with Crippen LogP contribution in [-0.2, 0) is 24.2 Å². The molecule has 0 bridgehead atoms. The number of nitrogens with one attached hydrogen (secondary N) is 2. The molecule has 16 heteroatoms. The van der Waals surface area contributed by atoms with Crippen molar-refractivity contribution in [3.63, 3.8) is 0 Å². The number of alkyl halides is 3. The molecule has 0 fully saturated rings. The van der Waals surface area contributed by atoms with Gasteiger partial charge >= 0.3 is 18.1 Å². The number of amides is 1. The van der Waals surface area contributed by atoms with Gasteiger partial charge in [-0.3, -0.25) is 15.0 Å². The molecule has 0 aliphatic heterocycles. The summed E-state index contributed by atoms with van der Waals surface area (Å²) in [5, 5.41) is 26.3. The Morgan fingerprint density at radius 3 is 2.22 bits per heavy atom. The van der Waals surface area contributed by atoms with Gasteiger partial charge in [-0.25, -0.2) is 13.2 Å². The van der Waals surface area contributed by atoms with Gasteiger partial charge in [0.25, 0.3) is 0 Å². The number of benzene rings is 2. The summed E-state index contributed by atoms with van der Waals surface area (Å²) in [4.78, 5) is 32.5. The van der Waals surface area contributed by atoms with Crippen LogP contribution in [-0.4, -0.2) is 54.7 Å². The van der Waals surface area contributed by atoms with E-state index in [2.05, 4.69) is 5.32 Å². The molecule has 2 aromatic carbocycles. The summed E-state index contributed by atoms with van der Waals surface area (Å²) < 4.78 is 59.2. The Kier molecular flexibility index (Phi) is 11.1. The fourth-order valence-electron chi connectivity index (χ4n) is 3.35. The summed E-state index contributed by atoms with van der Waals surface area (Å²) in [6, 6.07) is 13.1. The first-order valence-corrected chi connectivity index (χ1v) is 14.8. The molecule has 1 aromatic heterocycles. The van der Waals surface area contributed by atoms with Crippen LogP contribution in [0.1, 0.15) is 23.3 Å². The van der Waals surface area contributed by atoms with Gasteiger partial charge in [0, 0.05) is 17.7 Å². The highest BCUT2D eigenvalue weighted by molar-refractivity contribution is 8.01. The molecule has 0 saturated carbocycles. The van der Waals surface area contributed by atoms with E-state index in [1.54, 1.807) is 36.6 Å². The number of nitrogen functional groups attached to an aromatic ring is 1. The van der Waals surface area contributed by atoms with Gasteiger partial charge in [0.05, 0.1) is 25.3 Å². The number of amidine groups is 1. The summed E-state index contributed by atoms with van der Waals surface area (Å²) in [5.41, 5.74) is 8.06. The van der Waals surface area contributed by atoms with Crippen molar-refractivity contribution in [2.45, 2.75) is 39.9 Å². The number of hydrogen-bond acceptors (Lipinski definition) is 8. The highest BCUT2D eigenvalue weighted by atomic mass is 32.2. The van der Waals surface area contributed by atoms with Crippen molar-refractivity contribution in [3.8, 4) is 11.1 Å². The van der Waals surface area contributed by atoms with Gasteiger partial charge in [-0.15, -0.1) is 23.1 Å². The third-order valence-electron chi connectivity index (χ3n) is 5.19. The SMILES string of the molecule is CSc1sc(C(=N)N)cc1S(=O)(=O)c1cccc(-c2c(C)cccc2NC(=O)CCC(=O)O)c1.O=C(O)C(F)(F)F. The molecule has 0 saturated heterocycles. The van der Waals surface area contributed by atoms with E-state index >= 15 is 0 Å². The molecular formula is C25H24F3N3O7S3. The number of carbonyl (C=O) groups excluding carboxylic acids is 1. The van der Waals surface area contributed by atoms with E-state index < -0.39 is 33.9 Å². The number of carbonyl (C=O) groups is 3. The third kappa shape index (κ3) is 8.80. The molecular weight excluding hydrogens is 607 g/mol. The highest BCUT2D eigenvalue weighted by Crippen LogP contribution is 2.39. The summed E-state index contributed by atoms with van der Waals surface area (Å²) in [6.07, 6.45) is -3.79. The number of carboxylic acid groups (broad SMARTS) is 2. The van der Waals surface area contributed by atoms with Crippen molar-refractivity contribution < 1.29 is 46.2 Å². The molecule has 0 unspecified atom stereocenters. The predicted octanol–water partition coefficient (Wildman–Crippen LogP) is 5.00. The van der Waals surface area contributed by atoms with Crippen LogP contribution in [0.3, 0.4) is 0 Å². The predicted molar refractivity (Wildman–Crippen MR) is 148 cm³/mol. The van der Waals surface area contributed by atoms with E-state index in [0.29, 0.717) is 25.9 Å². The molecule has 6 N–H and O–H groups in total. The number of halogens is 3. The topological polar surface area (TPSA) is 188 Å². The Morgan fingerprint density at radius 2 is 1.68 bits per heavy atom. The molecule has 0 aliphatic rings. The van der Waals surface area contributed by atoms with E-state index in [-0.39, 0.29) is 28.5 Å². The number of thioether (sulfide) groups is 1.